The molecule has 0 radical (unpaired) electrons. The molecule has 2 rings (SSSR count). The molecule has 0 aliphatic rings. The van der Waals surface area contributed by atoms with E-state index in [0.717, 1.165) is 6.92 Å². The van der Waals surface area contributed by atoms with Crippen LogP contribution in [0.5, 0.6) is 5.75 Å². The smallest absolute Gasteiger partial charge is 0.434 e. The van der Waals surface area contributed by atoms with Crippen LogP contribution >= 0.6 is 0 Å². The second-order valence-electron chi connectivity index (χ2n) is 8.17. The highest BCUT2D eigenvalue weighted by molar-refractivity contribution is 7.91. The number of alkyl halides is 11. The Balaban J connectivity index is 2.72. The first-order chi connectivity index (χ1) is 16.4. The number of sulfone groups is 1. The van der Waals surface area contributed by atoms with Gasteiger partial charge in [0, 0.05) is 13.1 Å². The minimum absolute atomic E-state index is 0.118. The Morgan fingerprint density at radius 3 is 1.86 bits per heavy atom. The number of imidazole rings is 1. The topological polar surface area (TPSA) is 74.1 Å². The zero-order chi connectivity index (χ0) is 29.0. The Labute approximate surface area is 202 Å². The third kappa shape index (κ3) is 5.34. The van der Waals surface area contributed by atoms with Gasteiger partial charge >= 0.3 is 24.2 Å². The van der Waals surface area contributed by atoms with Gasteiger partial charge in [-0.3, -0.25) is 0 Å². The van der Waals surface area contributed by atoms with E-state index in [4.69, 9.17) is 4.74 Å². The number of hydrogen-bond donors (Lipinski definition) is 0. The van der Waals surface area contributed by atoms with Crippen LogP contribution in [-0.4, -0.2) is 58.5 Å². The van der Waals surface area contributed by atoms with Gasteiger partial charge in [0.1, 0.15) is 16.3 Å². The van der Waals surface area contributed by atoms with Gasteiger partial charge in [-0.25, -0.2) is 27.2 Å². The van der Waals surface area contributed by atoms with Gasteiger partial charge in [0.25, 0.3) is 0 Å². The van der Waals surface area contributed by atoms with Crippen LogP contribution < -0.4 is 4.74 Å². The maximum absolute atomic E-state index is 14.6. The first-order valence-electron chi connectivity index (χ1n) is 9.89. The summed E-state index contributed by atoms with van der Waals surface area (Å²) in [7, 11) is -3.73. The van der Waals surface area contributed by atoms with E-state index >= 15 is 0 Å². The van der Waals surface area contributed by atoms with Crippen molar-refractivity contribution in [3.63, 3.8) is 0 Å². The fourth-order valence-electron chi connectivity index (χ4n) is 2.93. The molecule has 0 aliphatic heterocycles. The zero-order valence-electron chi connectivity index (χ0n) is 19.1. The molecule has 0 aliphatic carbocycles. The lowest BCUT2D eigenvalue weighted by Gasteiger charge is -2.32. The van der Waals surface area contributed by atoms with Gasteiger partial charge in [-0.1, -0.05) is 6.92 Å². The van der Waals surface area contributed by atoms with Crippen molar-refractivity contribution in [2.75, 3.05) is 5.75 Å². The van der Waals surface area contributed by atoms with E-state index in [0.29, 0.717) is 33.2 Å². The van der Waals surface area contributed by atoms with Crippen LogP contribution in [-0.2, 0) is 16.9 Å². The molecule has 0 spiro atoms. The molecule has 2 aromatic heterocycles. The Morgan fingerprint density at radius 1 is 0.919 bits per heavy atom. The third-order valence-corrected chi connectivity index (χ3v) is 7.01. The van der Waals surface area contributed by atoms with Crippen molar-refractivity contribution < 1.29 is 61.4 Å². The zero-order valence-corrected chi connectivity index (χ0v) is 20.0. The summed E-state index contributed by atoms with van der Waals surface area (Å²) in [5, 5.41) is 0. The van der Waals surface area contributed by atoms with Crippen molar-refractivity contribution in [2.24, 2.45) is 7.05 Å². The largest absolute Gasteiger partial charge is 0.477 e. The Bertz CT molecular complexity index is 1230. The quantitative estimate of drug-likeness (QED) is 0.387. The fraction of sp³-hybridized carbons (Fsp3) is 0.579. The molecule has 6 nitrogen and oxygen atoms in total. The molecule has 0 saturated carbocycles. The normalized spacial score (nSPS) is 15.1. The van der Waals surface area contributed by atoms with Gasteiger partial charge in [0.2, 0.25) is 0 Å². The van der Waals surface area contributed by atoms with E-state index in [-0.39, 0.29) is 10.8 Å². The van der Waals surface area contributed by atoms with Gasteiger partial charge in [-0.15, -0.1) is 0 Å². The lowest BCUT2D eigenvalue weighted by atomic mass is 9.96. The van der Waals surface area contributed by atoms with E-state index in [1.165, 1.54) is 0 Å². The molecular formula is C19H18F11N3O3S. The second kappa shape index (κ2) is 9.27. The molecule has 0 saturated heterocycles. The molecule has 0 N–H and O–H groups in total. The molecule has 0 amide bonds. The van der Waals surface area contributed by atoms with E-state index in [1.807, 2.05) is 0 Å². The Hall–Kier alpha value is -2.66. The summed E-state index contributed by atoms with van der Waals surface area (Å²) in [5.41, 5.74) is -11.5. The molecule has 210 valence electrons. The highest BCUT2D eigenvalue weighted by Crippen LogP contribution is 2.54. The molecule has 2 heterocycles. The number of pyridine rings is 1. The van der Waals surface area contributed by atoms with Crippen molar-refractivity contribution in [3.8, 4) is 17.3 Å². The first kappa shape index (κ1) is 30.6. The van der Waals surface area contributed by atoms with Crippen molar-refractivity contribution >= 4 is 9.84 Å². The van der Waals surface area contributed by atoms with E-state index in [1.54, 1.807) is 0 Å². The Morgan fingerprint density at radius 2 is 1.43 bits per heavy atom. The predicted octanol–water partition coefficient (Wildman–Crippen LogP) is 5.84. The molecule has 0 bridgehead atoms. The highest BCUT2D eigenvalue weighted by Gasteiger charge is 2.77. The second-order valence-corrected chi connectivity index (χ2v) is 10.4. The monoisotopic (exact) mass is 577 g/mol. The van der Waals surface area contributed by atoms with Gasteiger partial charge < -0.3 is 9.30 Å². The maximum atomic E-state index is 14.6. The van der Waals surface area contributed by atoms with Crippen LogP contribution in [0.4, 0.5) is 48.3 Å². The van der Waals surface area contributed by atoms with Crippen LogP contribution in [0.15, 0.2) is 23.4 Å². The molecule has 2 aromatic rings. The summed E-state index contributed by atoms with van der Waals surface area (Å²) in [5.74, 6) is -2.22. The molecule has 0 aromatic carbocycles. The van der Waals surface area contributed by atoms with Gasteiger partial charge in [0.15, 0.2) is 27.4 Å². The van der Waals surface area contributed by atoms with E-state index < -0.39 is 79.4 Å². The summed E-state index contributed by atoms with van der Waals surface area (Å²) in [6.45, 7) is 2.34. The van der Waals surface area contributed by atoms with Crippen LogP contribution in [0.1, 0.15) is 32.6 Å². The average molecular weight is 577 g/mol. The minimum Gasteiger partial charge on any atom is -0.477 e. The molecule has 18 heteroatoms. The lowest BCUT2D eigenvalue weighted by Crippen LogP contribution is -2.56. The molecule has 37 heavy (non-hydrogen) atoms. The summed E-state index contributed by atoms with van der Waals surface area (Å²) >= 11 is 0. The number of hydrogen-bond acceptors (Lipinski definition) is 5. The third-order valence-electron chi connectivity index (χ3n) is 5.27. The van der Waals surface area contributed by atoms with Gasteiger partial charge in [0.05, 0.1) is 23.8 Å². The van der Waals surface area contributed by atoms with Crippen molar-refractivity contribution in [2.45, 2.75) is 61.6 Å². The van der Waals surface area contributed by atoms with Crippen LogP contribution in [0.25, 0.3) is 11.5 Å². The predicted molar refractivity (Wildman–Crippen MR) is 105 cm³/mol. The minimum atomic E-state index is -6.74. The Kier molecular flexibility index (Phi) is 7.66. The summed E-state index contributed by atoms with van der Waals surface area (Å²) in [6, 6.07) is 0.584. The summed E-state index contributed by atoms with van der Waals surface area (Å²) in [6.07, 6.45) is -22.1. The van der Waals surface area contributed by atoms with E-state index in [2.05, 4.69) is 9.97 Å². The molecule has 0 unspecified atom stereocenters. The highest BCUT2D eigenvalue weighted by atomic mass is 32.2. The summed E-state index contributed by atoms with van der Waals surface area (Å²) < 4.78 is 176. The SMILES string of the molecule is CCS(=O)(=O)c1cc(OC(C)(C)C(F)(F)F)cnc1-c1ncc([C@@H](F)C(F)(C(F)(F)F)C(F)(F)F)n1C. The van der Waals surface area contributed by atoms with Crippen LogP contribution in [0.3, 0.4) is 0 Å². The van der Waals surface area contributed by atoms with Crippen LogP contribution in [0, 0.1) is 0 Å². The number of ether oxygens (including phenoxy) is 1. The van der Waals surface area contributed by atoms with Crippen molar-refractivity contribution in [1.29, 1.82) is 0 Å². The lowest BCUT2D eigenvalue weighted by molar-refractivity contribution is -0.359. The first-order valence-corrected chi connectivity index (χ1v) is 11.5. The summed E-state index contributed by atoms with van der Waals surface area (Å²) in [4.78, 5) is 6.14. The van der Waals surface area contributed by atoms with Gasteiger partial charge in [-0.2, -0.15) is 39.5 Å². The standard InChI is InChI=1S/C19H18F11N3O3S/c1-5-37(34,35)11-6-9(36-15(2,3)17(22,23)24)7-31-12(11)14-32-8-10(33(14)4)13(20)16(21,18(25,26)27)19(28,29)30/h6-8,13H,5H2,1-4H3/t13-/m1/s1. The number of rotatable bonds is 7. The maximum Gasteiger partial charge on any atom is 0.434 e. The van der Waals surface area contributed by atoms with Crippen molar-refractivity contribution in [3.05, 3.63) is 24.2 Å². The van der Waals surface area contributed by atoms with E-state index in [9.17, 15) is 56.7 Å². The average Bonchev–Trinajstić information content (AvgIpc) is 3.10. The number of halogens is 11. The van der Waals surface area contributed by atoms with Crippen molar-refractivity contribution in [1.82, 2.24) is 14.5 Å². The number of nitrogens with zero attached hydrogens (tertiary/aromatic N) is 3. The molecule has 1 atom stereocenters. The van der Waals surface area contributed by atoms with Crippen LogP contribution in [0.2, 0.25) is 0 Å². The molecular weight excluding hydrogens is 559 g/mol. The number of aromatic nitrogens is 3. The fourth-order valence-corrected chi connectivity index (χ4v) is 3.97. The van der Waals surface area contributed by atoms with Gasteiger partial charge in [-0.05, 0) is 13.8 Å². The molecule has 0 fully saturated rings.